The minimum atomic E-state index is -0.605. The number of nitrogens with zero attached hydrogens (tertiary/aromatic N) is 1. The number of carbonyl (C=O) groups is 2. The van der Waals surface area contributed by atoms with Crippen molar-refractivity contribution >= 4 is 50.8 Å². The van der Waals surface area contributed by atoms with Gasteiger partial charge in [-0.1, -0.05) is 12.1 Å². The van der Waals surface area contributed by atoms with Crippen LogP contribution < -0.4 is 10.9 Å². The van der Waals surface area contributed by atoms with Crippen molar-refractivity contribution in [2.75, 3.05) is 0 Å². The van der Waals surface area contributed by atoms with Crippen LogP contribution in [0.2, 0.25) is 0 Å². The van der Waals surface area contributed by atoms with Crippen LogP contribution in [0.5, 0.6) is 0 Å². The Kier molecular flexibility index (Phi) is 5.61. The highest BCUT2D eigenvalue weighted by atomic mass is 79.9. The van der Waals surface area contributed by atoms with Gasteiger partial charge in [-0.15, -0.1) is 11.3 Å². The molecule has 0 saturated carbocycles. The fourth-order valence-electron chi connectivity index (χ4n) is 1.62. The maximum atomic E-state index is 11.7. The van der Waals surface area contributed by atoms with Crippen LogP contribution in [0, 0.1) is 10.1 Å². The molecule has 0 bridgehead atoms. The van der Waals surface area contributed by atoms with Crippen molar-refractivity contribution in [3.8, 4) is 0 Å². The number of hydrazine groups is 1. The summed E-state index contributed by atoms with van der Waals surface area (Å²) < 4.78 is 0.797. The van der Waals surface area contributed by atoms with Crippen LogP contribution in [0.3, 0.4) is 0 Å². The van der Waals surface area contributed by atoms with E-state index in [1.54, 1.807) is 18.2 Å². The number of benzene rings is 1. The van der Waals surface area contributed by atoms with Gasteiger partial charge in [0, 0.05) is 12.1 Å². The third-order valence-electron chi connectivity index (χ3n) is 2.64. The molecule has 1 heterocycles. The summed E-state index contributed by atoms with van der Waals surface area (Å²) in [5, 5.41) is 10.9. The lowest BCUT2D eigenvalue weighted by atomic mass is 10.1. The van der Waals surface area contributed by atoms with Gasteiger partial charge in [0.25, 0.3) is 17.5 Å². The number of thiophene rings is 1. The molecule has 0 unspecified atom stereocenters. The van der Waals surface area contributed by atoms with Gasteiger partial charge in [-0.2, -0.15) is 0 Å². The van der Waals surface area contributed by atoms with Gasteiger partial charge in [0.15, 0.2) is 0 Å². The first-order chi connectivity index (χ1) is 11.0. The number of hydrogen-bond donors (Lipinski definition) is 2. The van der Waals surface area contributed by atoms with Gasteiger partial charge in [0.05, 0.1) is 19.2 Å². The van der Waals surface area contributed by atoms with E-state index in [0.29, 0.717) is 10.4 Å². The van der Waals surface area contributed by atoms with E-state index in [9.17, 15) is 19.7 Å². The van der Waals surface area contributed by atoms with Crippen LogP contribution in [0.1, 0.15) is 15.2 Å². The third-order valence-corrected chi connectivity index (χ3v) is 4.27. The molecule has 7 nitrogen and oxygen atoms in total. The second kappa shape index (κ2) is 7.65. The first kappa shape index (κ1) is 16.8. The monoisotopic (exact) mass is 395 g/mol. The zero-order chi connectivity index (χ0) is 16.8. The van der Waals surface area contributed by atoms with Gasteiger partial charge >= 0.3 is 0 Å². The quantitative estimate of drug-likeness (QED) is 0.471. The zero-order valence-electron chi connectivity index (χ0n) is 11.5. The molecule has 2 N–H and O–H groups in total. The van der Waals surface area contributed by atoms with E-state index in [0.717, 1.165) is 9.86 Å². The summed E-state index contributed by atoms with van der Waals surface area (Å²) >= 11 is 4.46. The summed E-state index contributed by atoms with van der Waals surface area (Å²) in [6.07, 6.45) is 2.41. The SMILES string of the molecule is O=C(/C=C/c1ccccc1[N+](=O)[O-])NNC(=O)c1ccc(Br)s1. The average Bonchev–Trinajstić information content (AvgIpc) is 2.97. The fourth-order valence-corrected chi connectivity index (χ4v) is 2.90. The van der Waals surface area contributed by atoms with E-state index in [1.807, 2.05) is 0 Å². The molecular formula is C14H10BrN3O4S. The summed E-state index contributed by atoms with van der Waals surface area (Å²) in [5.74, 6) is -1.06. The third kappa shape index (κ3) is 4.73. The van der Waals surface area contributed by atoms with Crippen LogP contribution in [0.4, 0.5) is 5.69 Å². The van der Waals surface area contributed by atoms with E-state index >= 15 is 0 Å². The number of halogens is 1. The summed E-state index contributed by atoms with van der Waals surface area (Å²) in [5.41, 5.74) is 4.64. The second-order valence-corrected chi connectivity index (χ2v) is 6.66. The molecule has 2 rings (SSSR count). The number of hydrogen-bond acceptors (Lipinski definition) is 5. The van der Waals surface area contributed by atoms with Crippen molar-refractivity contribution in [3.05, 3.63) is 66.8 Å². The second-order valence-electron chi connectivity index (χ2n) is 4.20. The number of para-hydroxylation sites is 1. The van der Waals surface area contributed by atoms with E-state index in [4.69, 9.17) is 0 Å². The Hall–Kier alpha value is -2.52. The maximum Gasteiger partial charge on any atom is 0.279 e. The van der Waals surface area contributed by atoms with Crippen molar-refractivity contribution in [1.29, 1.82) is 0 Å². The molecule has 1 aromatic carbocycles. The molecule has 2 amide bonds. The number of nitro groups is 1. The lowest BCUT2D eigenvalue weighted by molar-refractivity contribution is -0.385. The largest absolute Gasteiger partial charge is 0.279 e. The van der Waals surface area contributed by atoms with Crippen LogP contribution in [-0.4, -0.2) is 16.7 Å². The molecule has 0 spiro atoms. The Morgan fingerprint density at radius 1 is 1.17 bits per heavy atom. The topological polar surface area (TPSA) is 101 Å². The molecule has 0 radical (unpaired) electrons. The Bertz CT molecular complexity index is 788. The lowest BCUT2D eigenvalue weighted by Gasteiger charge is -2.03. The molecule has 0 fully saturated rings. The van der Waals surface area contributed by atoms with Gasteiger partial charge in [0.2, 0.25) is 0 Å². The summed E-state index contributed by atoms with van der Waals surface area (Å²) in [6.45, 7) is 0. The van der Waals surface area contributed by atoms with E-state index in [1.165, 1.54) is 35.6 Å². The van der Waals surface area contributed by atoms with Gasteiger partial charge in [-0.25, -0.2) is 0 Å². The van der Waals surface area contributed by atoms with E-state index < -0.39 is 16.7 Å². The van der Waals surface area contributed by atoms with Crippen molar-refractivity contribution in [3.63, 3.8) is 0 Å². The fraction of sp³-hybridized carbons (Fsp3) is 0. The maximum absolute atomic E-state index is 11.7. The van der Waals surface area contributed by atoms with Crippen LogP contribution in [-0.2, 0) is 4.79 Å². The Labute approximate surface area is 143 Å². The summed E-state index contributed by atoms with van der Waals surface area (Å²) in [7, 11) is 0. The minimum absolute atomic E-state index is 0.107. The van der Waals surface area contributed by atoms with Crippen LogP contribution in [0.25, 0.3) is 6.08 Å². The molecule has 23 heavy (non-hydrogen) atoms. The molecule has 0 aliphatic carbocycles. The van der Waals surface area contributed by atoms with E-state index in [2.05, 4.69) is 26.8 Å². The predicted molar refractivity (Wildman–Crippen MR) is 89.8 cm³/mol. The smallest absolute Gasteiger partial charge is 0.268 e. The van der Waals surface area contributed by atoms with E-state index in [-0.39, 0.29) is 5.69 Å². The molecule has 118 valence electrons. The molecule has 0 saturated heterocycles. The predicted octanol–water partition coefficient (Wildman–Crippen LogP) is 2.89. The highest BCUT2D eigenvalue weighted by Gasteiger charge is 2.11. The van der Waals surface area contributed by atoms with Crippen LogP contribution >= 0.6 is 27.3 Å². The van der Waals surface area contributed by atoms with Gasteiger partial charge in [-0.3, -0.25) is 30.6 Å². The molecule has 9 heteroatoms. The van der Waals surface area contributed by atoms with Crippen molar-refractivity contribution < 1.29 is 14.5 Å². The summed E-state index contributed by atoms with van der Waals surface area (Å²) in [6, 6.07) is 9.35. The van der Waals surface area contributed by atoms with Crippen molar-refractivity contribution in [2.45, 2.75) is 0 Å². The van der Waals surface area contributed by atoms with Crippen molar-refractivity contribution in [1.82, 2.24) is 10.9 Å². The average molecular weight is 396 g/mol. The lowest BCUT2D eigenvalue weighted by Crippen LogP contribution is -2.40. The molecule has 1 aromatic heterocycles. The Balaban J connectivity index is 1.95. The Morgan fingerprint density at radius 3 is 2.57 bits per heavy atom. The zero-order valence-corrected chi connectivity index (χ0v) is 13.9. The normalized spacial score (nSPS) is 10.5. The van der Waals surface area contributed by atoms with Gasteiger partial charge < -0.3 is 0 Å². The van der Waals surface area contributed by atoms with Crippen molar-refractivity contribution in [2.24, 2.45) is 0 Å². The highest BCUT2D eigenvalue weighted by Crippen LogP contribution is 2.21. The highest BCUT2D eigenvalue weighted by molar-refractivity contribution is 9.11. The molecule has 0 aliphatic rings. The first-order valence-corrected chi connectivity index (χ1v) is 7.85. The number of nitro benzene ring substituents is 1. The van der Waals surface area contributed by atoms with Gasteiger partial charge in [-0.05, 0) is 40.2 Å². The number of nitrogens with one attached hydrogen (secondary N) is 2. The number of carbonyl (C=O) groups excluding carboxylic acids is 2. The summed E-state index contributed by atoms with van der Waals surface area (Å²) in [4.78, 5) is 34.1. The van der Waals surface area contributed by atoms with Crippen LogP contribution in [0.15, 0.2) is 46.3 Å². The molecule has 0 atom stereocenters. The molecule has 0 aliphatic heterocycles. The Morgan fingerprint density at radius 2 is 1.91 bits per heavy atom. The first-order valence-electron chi connectivity index (χ1n) is 6.24. The number of amides is 2. The standard InChI is InChI=1S/C14H10BrN3O4S/c15-12-7-6-11(23-12)14(20)17-16-13(19)8-5-9-3-1-2-4-10(9)18(21)22/h1-8H,(H,16,19)(H,17,20)/b8-5+. The number of rotatable bonds is 4. The molecule has 2 aromatic rings. The molecular weight excluding hydrogens is 386 g/mol. The minimum Gasteiger partial charge on any atom is -0.268 e. The van der Waals surface area contributed by atoms with Gasteiger partial charge in [0.1, 0.15) is 0 Å².